The average molecular weight is 211 g/mol. The van der Waals surface area contributed by atoms with E-state index in [9.17, 15) is 8.78 Å². The second-order valence-corrected chi connectivity index (χ2v) is 3.61. The van der Waals surface area contributed by atoms with Crippen LogP contribution in [0.15, 0.2) is 24.3 Å². The van der Waals surface area contributed by atoms with Gasteiger partial charge in [0.2, 0.25) is 0 Å². The van der Waals surface area contributed by atoms with E-state index in [1.165, 1.54) is 6.07 Å². The van der Waals surface area contributed by atoms with Crippen LogP contribution in [0.5, 0.6) is 5.75 Å². The molecule has 0 aliphatic rings. The summed E-state index contributed by atoms with van der Waals surface area (Å²) in [5, 5.41) is 8.91. The molecule has 4 heteroatoms. The van der Waals surface area contributed by atoms with Crippen molar-refractivity contribution in [2.45, 2.75) is 25.9 Å². The molecule has 0 saturated heterocycles. The van der Waals surface area contributed by atoms with Crippen LogP contribution >= 0.6 is 0 Å². The summed E-state index contributed by atoms with van der Waals surface area (Å²) in [5.74, 6) is 0.0547. The van der Waals surface area contributed by atoms with Gasteiger partial charge >= 0.3 is 6.61 Å². The minimum atomic E-state index is -2.87. The van der Waals surface area contributed by atoms with Crippen LogP contribution in [0.2, 0.25) is 0 Å². The lowest BCUT2D eigenvalue weighted by atomic mass is 9.86. The molecule has 1 aromatic rings. The molecule has 80 valence electrons. The molecule has 0 spiro atoms. The summed E-state index contributed by atoms with van der Waals surface area (Å²) in [6.45, 7) is 0.432. The summed E-state index contributed by atoms with van der Waals surface area (Å²) in [5.41, 5.74) is -0.376. The van der Waals surface area contributed by atoms with Crippen LogP contribution in [0.3, 0.4) is 0 Å². The molecular weight excluding hydrogens is 200 g/mol. The average Bonchev–Trinajstić information content (AvgIpc) is 2.17. The summed E-state index contributed by atoms with van der Waals surface area (Å²) in [6.07, 6.45) is 0. The number of nitrogens with zero attached hydrogens (tertiary/aromatic N) is 1. The van der Waals surface area contributed by atoms with E-state index in [0.717, 1.165) is 0 Å². The van der Waals surface area contributed by atoms with E-state index in [0.29, 0.717) is 5.56 Å². The maximum Gasteiger partial charge on any atom is 0.387 e. The van der Waals surface area contributed by atoms with Gasteiger partial charge in [-0.25, -0.2) is 0 Å². The summed E-state index contributed by atoms with van der Waals surface area (Å²) in [7, 11) is 0. The summed E-state index contributed by atoms with van der Waals surface area (Å²) in [4.78, 5) is 0. The van der Waals surface area contributed by atoms with E-state index < -0.39 is 12.0 Å². The van der Waals surface area contributed by atoms with Gasteiger partial charge in [0.15, 0.2) is 0 Å². The maximum atomic E-state index is 12.1. The van der Waals surface area contributed by atoms with Crippen molar-refractivity contribution >= 4 is 0 Å². The number of benzene rings is 1. The lowest BCUT2D eigenvalue weighted by molar-refractivity contribution is -0.0507. The van der Waals surface area contributed by atoms with Crippen molar-refractivity contribution in [2.75, 3.05) is 0 Å². The quantitative estimate of drug-likeness (QED) is 0.769. The molecule has 1 rings (SSSR count). The van der Waals surface area contributed by atoms with Gasteiger partial charge in [-0.3, -0.25) is 0 Å². The Labute approximate surface area is 87.1 Å². The predicted molar refractivity (Wildman–Crippen MR) is 51.7 cm³/mol. The standard InChI is InChI=1S/C11H11F2NO/c1-11(2,7-14)8-5-3-4-6-9(8)15-10(12)13/h3-6,10H,1-2H3. The third-order valence-corrected chi connectivity index (χ3v) is 2.06. The number of halogens is 2. The number of nitriles is 1. The number of ether oxygens (including phenoxy) is 1. The summed E-state index contributed by atoms with van der Waals surface area (Å²) < 4.78 is 28.5. The van der Waals surface area contributed by atoms with Gasteiger partial charge in [0.05, 0.1) is 11.5 Å². The smallest absolute Gasteiger partial charge is 0.387 e. The molecule has 1 aromatic carbocycles. The molecule has 0 aromatic heterocycles. The molecule has 15 heavy (non-hydrogen) atoms. The van der Waals surface area contributed by atoms with Crippen LogP contribution in [0.4, 0.5) is 8.78 Å². The largest absolute Gasteiger partial charge is 0.434 e. The molecule has 0 saturated carbocycles. The van der Waals surface area contributed by atoms with Crippen molar-refractivity contribution in [3.8, 4) is 11.8 Å². The number of para-hydroxylation sites is 1. The Hall–Kier alpha value is -1.63. The highest BCUT2D eigenvalue weighted by atomic mass is 19.3. The Morgan fingerprint density at radius 3 is 2.47 bits per heavy atom. The van der Waals surface area contributed by atoms with Crippen LogP contribution in [-0.4, -0.2) is 6.61 Å². The lowest BCUT2D eigenvalue weighted by Gasteiger charge is -2.19. The van der Waals surface area contributed by atoms with Crippen molar-refractivity contribution in [3.05, 3.63) is 29.8 Å². The predicted octanol–water partition coefficient (Wildman–Crippen LogP) is 3.09. The molecule has 0 N–H and O–H groups in total. The highest BCUT2D eigenvalue weighted by molar-refractivity contribution is 5.42. The van der Waals surface area contributed by atoms with Crippen LogP contribution in [0, 0.1) is 11.3 Å². The Bertz CT molecular complexity index is 382. The number of rotatable bonds is 3. The van der Waals surface area contributed by atoms with E-state index in [2.05, 4.69) is 4.74 Å². The third kappa shape index (κ3) is 2.66. The van der Waals surface area contributed by atoms with Crippen LogP contribution in [0.25, 0.3) is 0 Å². The topological polar surface area (TPSA) is 33.0 Å². The van der Waals surface area contributed by atoms with Gasteiger partial charge in [0.25, 0.3) is 0 Å². The Balaban J connectivity index is 3.13. The molecule has 2 nitrogen and oxygen atoms in total. The van der Waals surface area contributed by atoms with Gasteiger partial charge in [-0.15, -0.1) is 0 Å². The molecule has 0 amide bonds. The first-order chi connectivity index (χ1) is 6.97. The normalized spacial score (nSPS) is 11.2. The number of alkyl halides is 2. The lowest BCUT2D eigenvalue weighted by Crippen LogP contribution is -2.16. The molecule has 0 fully saturated rings. The highest BCUT2D eigenvalue weighted by Gasteiger charge is 2.24. The van der Waals surface area contributed by atoms with Crippen molar-refractivity contribution < 1.29 is 13.5 Å². The van der Waals surface area contributed by atoms with Crippen LogP contribution in [0.1, 0.15) is 19.4 Å². The zero-order valence-corrected chi connectivity index (χ0v) is 8.50. The third-order valence-electron chi connectivity index (χ3n) is 2.06. The first-order valence-corrected chi connectivity index (χ1v) is 4.43. The molecule has 0 unspecified atom stereocenters. The molecule has 0 heterocycles. The van der Waals surface area contributed by atoms with E-state index in [1.54, 1.807) is 32.0 Å². The molecular formula is C11H11F2NO. The van der Waals surface area contributed by atoms with Crippen LogP contribution in [-0.2, 0) is 5.41 Å². The fourth-order valence-electron chi connectivity index (χ4n) is 1.24. The fraction of sp³-hybridized carbons (Fsp3) is 0.364. The zero-order chi connectivity index (χ0) is 11.5. The van der Waals surface area contributed by atoms with Gasteiger partial charge in [0.1, 0.15) is 5.75 Å². The minimum Gasteiger partial charge on any atom is -0.434 e. The molecule has 0 radical (unpaired) electrons. The monoisotopic (exact) mass is 211 g/mol. The van der Waals surface area contributed by atoms with Crippen molar-refractivity contribution in [3.63, 3.8) is 0 Å². The van der Waals surface area contributed by atoms with E-state index in [1.807, 2.05) is 6.07 Å². The van der Waals surface area contributed by atoms with Gasteiger partial charge in [-0.2, -0.15) is 14.0 Å². The molecule has 0 aliphatic heterocycles. The zero-order valence-electron chi connectivity index (χ0n) is 8.50. The van der Waals surface area contributed by atoms with Crippen LogP contribution < -0.4 is 4.74 Å². The van der Waals surface area contributed by atoms with Crippen molar-refractivity contribution in [1.29, 1.82) is 5.26 Å². The molecule has 0 atom stereocenters. The Morgan fingerprint density at radius 2 is 1.93 bits per heavy atom. The highest BCUT2D eigenvalue weighted by Crippen LogP contribution is 2.31. The SMILES string of the molecule is CC(C)(C#N)c1ccccc1OC(F)F. The van der Waals surface area contributed by atoms with Crippen molar-refractivity contribution in [1.82, 2.24) is 0 Å². The molecule has 0 bridgehead atoms. The first kappa shape index (κ1) is 11.4. The number of hydrogen-bond donors (Lipinski definition) is 0. The Morgan fingerprint density at radius 1 is 1.33 bits per heavy atom. The van der Waals surface area contributed by atoms with Gasteiger partial charge in [-0.1, -0.05) is 18.2 Å². The second kappa shape index (κ2) is 4.26. The Kier molecular flexibility index (Phi) is 3.25. The van der Waals surface area contributed by atoms with E-state index in [4.69, 9.17) is 5.26 Å². The van der Waals surface area contributed by atoms with E-state index >= 15 is 0 Å². The first-order valence-electron chi connectivity index (χ1n) is 4.43. The van der Waals surface area contributed by atoms with Gasteiger partial charge in [-0.05, 0) is 19.9 Å². The van der Waals surface area contributed by atoms with Gasteiger partial charge in [0, 0.05) is 5.56 Å². The van der Waals surface area contributed by atoms with E-state index in [-0.39, 0.29) is 5.75 Å². The fourth-order valence-corrected chi connectivity index (χ4v) is 1.24. The summed E-state index contributed by atoms with van der Waals surface area (Å²) >= 11 is 0. The van der Waals surface area contributed by atoms with Gasteiger partial charge < -0.3 is 4.74 Å². The minimum absolute atomic E-state index is 0.0547. The molecule has 0 aliphatic carbocycles. The number of hydrogen-bond acceptors (Lipinski definition) is 2. The van der Waals surface area contributed by atoms with Crippen molar-refractivity contribution in [2.24, 2.45) is 0 Å². The summed E-state index contributed by atoms with van der Waals surface area (Å²) in [6, 6.07) is 8.37. The second-order valence-electron chi connectivity index (χ2n) is 3.61. The maximum absolute atomic E-state index is 12.1.